The maximum Gasteiger partial charge on any atom is 0.304 e. The molecule has 0 unspecified atom stereocenters. The number of carboxylic acids is 1. The molecule has 0 fully saturated rings. The molecule has 4 heteroatoms. The molecule has 0 saturated carbocycles. The first kappa shape index (κ1) is 14.3. The summed E-state index contributed by atoms with van der Waals surface area (Å²) in [6, 6.07) is 0.109. The number of rotatable bonds is 5. The number of carbonyl (C=O) groups is 1. The van der Waals surface area contributed by atoms with E-state index in [4.69, 9.17) is 5.11 Å². The second kappa shape index (κ2) is 7.37. The van der Waals surface area contributed by atoms with Crippen LogP contribution in [-0.2, 0) is 4.79 Å². The van der Waals surface area contributed by atoms with Gasteiger partial charge in [0.2, 0.25) is 0 Å². The second-order valence-corrected chi connectivity index (χ2v) is 2.88. The largest absolute Gasteiger partial charge is 0.481 e. The number of hydrogen-bond donors (Lipinski definition) is 2. The van der Waals surface area contributed by atoms with Crippen molar-refractivity contribution in [1.82, 2.24) is 5.32 Å². The van der Waals surface area contributed by atoms with Gasteiger partial charge < -0.3 is 10.4 Å². The number of aliphatic carboxylic acids is 1. The highest BCUT2D eigenvalue weighted by Crippen LogP contribution is 2.09. The number of nitrogens with one attached hydrogen (secondary N) is 1. The average molecular weight is 196 g/mol. The molecule has 0 bridgehead atoms. The fourth-order valence-corrected chi connectivity index (χ4v) is 1.06. The normalized spacial score (nSPS) is 14.6. The zero-order valence-corrected chi connectivity index (χ0v) is 8.65. The molecule has 0 aliphatic heterocycles. The summed E-state index contributed by atoms with van der Waals surface area (Å²) < 4.78 is 0. The van der Waals surface area contributed by atoms with Crippen molar-refractivity contribution >= 4 is 18.4 Å². The highest BCUT2D eigenvalue weighted by Gasteiger charge is 2.16. The van der Waals surface area contributed by atoms with Crippen molar-refractivity contribution in [1.29, 1.82) is 0 Å². The van der Waals surface area contributed by atoms with E-state index in [9.17, 15) is 4.79 Å². The first-order valence-electron chi connectivity index (χ1n) is 4.00. The van der Waals surface area contributed by atoms with E-state index < -0.39 is 5.97 Å². The van der Waals surface area contributed by atoms with Crippen molar-refractivity contribution in [2.24, 2.45) is 5.92 Å². The van der Waals surface area contributed by atoms with E-state index in [1.807, 2.05) is 0 Å². The Hall–Kier alpha value is -0.280. The molecule has 2 N–H and O–H groups in total. The summed E-state index contributed by atoms with van der Waals surface area (Å²) in [7, 11) is 1.81. The number of carboxylic acid groups (broad SMARTS) is 1. The molecular formula is C8H18ClNO2. The minimum absolute atomic E-state index is 0. The molecule has 0 aliphatic rings. The van der Waals surface area contributed by atoms with Crippen molar-refractivity contribution in [3.63, 3.8) is 0 Å². The van der Waals surface area contributed by atoms with Gasteiger partial charge in [0.15, 0.2) is 0 Å². The number of hydrogen-bond acceptors (Lipinski definition) is 2. The van der Waals surface area contributed by atoms with Gasteiger partial charge in [-0.3, -0.25) is 4.79 Å². The Morgan fingerprint density at radius 1 is 1.58 bits per heavy atom. The highest BCUT2D eigenvalue weighted by atomic mass is 35.5. The summed E-state index contributed by atoms with van der Waals surface area (Å²) in [4.78, 5) is 10.3. The van der Waals surface area contributed by atoms with E-state index in [0.717, 1.165) is 6.42 Å². The average Bonchev–Trinajstić information content (AvgIpc) is 1.98. The maximum absolute atomic E-state index is 10.3. The molecule has 12 heavy (non-hydrogen) atoms. The minimum Gasteiger partial charge on any atom is -0.481 e. The Labute approximate surface area is 80.0 Å². The van der Waals surface area contributed by atoms with Crippen LogP contribution in [-0.4, -0.2) is 24.2 Å². The molecular weight excluding hydrogens is 178 g/mol. The summed E-state index contributed by atoms with van der Waals surface area (Å²) in [6.07, 6.45) is 1.23. The van der Waals surface area contributed by atoms with Crippen LogP contribution in [0.5, 0.6) is 0 Å². The lowest BCUT2D eigenvalue weighted by Gasteiger charge is -2.19. The van der Waals surface area contributed by atoms with Crippen molar-refractivity contribution in [2.75, 3.05) is 7.05 Å². The van der Waals surface area contributed by atoms with E-state index in [1.165, 1.54) is 0 Å². The fraction of sp³-hybridized carbons (Fsp3) is 0.875. The maximum atomic E-state index is 10.3. The standard InChI is InChI=1S/C8H17NO2.ClH/c1-4-6(2)7(9-3)5-8(10)11;/h6-7,9H,4-5H2,1-3H3,(H,10,11);1H/t6-,7+;/m1./s1. The van der Waals surface area contributed by atoms with Crippen LogP contribution >= 0.6 is 12.4 Å². The lowest BCUT2D eigenvalue weighted by atomic mass is 9.97. The molecule has 0 aliphatic carbocycles. The van der Waals surface area contributed by atoms with Crippen molar-refractivity contribution in [3.05, 3.63) is 0 Å². The van der Waals surface area contributed by atoms with E-state index in [-0.39, 0.29) is 24.9 Å². The molecule has 0 saturated heterocycles. The molecule has 0 aromatic rings. The van der Waals surface area contributed by atoms with Crippen molar-refractivity contribution in [2.45, 2.75) is 32.7 Å². The lowest BCUT2D eigenvalue weighted by molar-refractivity contribution is -0.137. The van der Waals surface area contributed by atoms with Crippen LogP contribution in [0.1, 0.15) is 26.7 Å². The Balaban J connectivity index is 0. The third kappa shape index (κ3) is 5.38. The van der Waals surface area contributed by atoms with E-state index in [2.05, 4.69) is 19.2 Å². The Morgan fingerprint density at radius 2 is 2.08 bits per heavy atom. The van der Waals surface area contributed by atoms with Gasteiger partial charge in [0.1, 0.15) is 0 Å². The SMILES string of the molecule is CC[C@@H](C)[C@H](CC(=O)O)NC.Cl. The molecule has 74 valence electrons. The minimum atomic E-state index is -0.732. The van der Waals surface area contributed by atoms with Gasteiger partial charge in [0.05, 0.1) is 6.42 Å². The molecule has 0 spiro atoms. The van der Waals surface area contributed by atoms with Gasteiger partial charge in [-0.2, -0.15) is 0 Å². The summed E-state index contributed by atoms with van der Waals surface area (Å²) >= 11 is 0. The summed E-state index contributed by atoms with van der Waals surface area (Å²) in [6.45, 7) is 4.13. The van der Waals surface area contributed by atoms with E-state index in [0.29, 0.717) is 5.92 Å². The molecule has 0 amide bonds. The van der Waals surface area contributed by atoms with Gasteiger partial charge in [0, 0.05) is 6.04 Å². The molecule has 0 aromatic carbocycles. The van der Waals surface area contributed by atoms with Gasteiger partial charge in [-0.05, 0) is 13.0 Å². The zero-order valence-electron chi connectivity index (χ0n) is 7.83. The Morgan fingerprint density at radius 3 is 2.33 bits per heavy atom. The van der Waals surface area contributed by atoms with Crippen LogP contribution in [0, 0.1) is 5.92 Å². The Kier molecular flexibility index (Phi) is 8.76. The smallest absolute Gasteiger partial charge is 0.304 e. The molecule has 2 atom stereocenters. The van der Waals surface area contributed by atoms with Gasteiger partial charge in [-0.15, -0.1) is 12.4 Å². The summed E-state index contributed by atoms with van der Waals surface area (Å²) in [5.74, 6) is -0.305. The predicted molar refractivity (Wildman–Crippen MR) is 51.8 cm³/mol. The third-order valence-electron chi connectivity index (χ3n) is 2.10. The van der Waals surface area contributed by atoms with Crippen LogP contribution < -0.4 is 5.32 Å². The second-order valence-electron chi connectivity index (χ2n) is 2.88. The molecule has 0 radical (unpaired) electrons. The van der Waals surface area contributed by atoms with Crippen molar-refractivity contribution < 1.29 is 9.90 Å². The first-order valence-corrected chi connectivity index (χ1v) is 4.00. The monoisotopic (exact) mass is 195 g/mol. The van der Waals surface area contributed by atoms with Gasteiger partial charge >= 0.3 is 5.97 Å². The predicted octanol–water partition coefficient (Wildman–Crippen LogP) is 1.52. The number of halogens is 1. The fourth-order valence-electron chi connectivity index (χ4n) is 1.06. The van der Waals surface area contributed by atoms with Crippen molar-refractivity contribution in [3.8, 4) is 0 Å². The Bertz CT molecular complexity index is 130. The van der Waals surface area contributed by atoms with Gasteiger partial charge in [-0.25, -0.2) is 0 Å². The van der Waals surface area contributed by atoms with E-state index in [1.54, 1.807) is 7.05 Å². The quantitative estimate of drug-likeness (QED) is 0.700. The lowest BCUT2D eigenvalue weighted by Crippen LogP contribution is -2.33. The van der Waals surface area contributed by atoms with Crippen LogP contribution in [0.15, 0.2) is 0 Å². The molecule has 0 heterocycles. The first-order chi connectivity index (χ1) is 5.11. The van der Waals surface area contributed by atoms with Gasteiger partial charge in [0.25, 0.3) is 0 Å². The third-order valence-corrected chi connectivity index (χ3v) is 2.10. The van der Waals surface area contributed by atoms with Crippen LogP contribution in [0.25, 0.3) is 0 Å². The topological polar surface area (TPSA) is 49.3 Å². The van der Waals surface area contributed by atoms with Crippen LogP contribution in [0.2, 0.25) is 0 Å². The summed E-state index contributed by atoms with van der Waals surface area (Å²) in [5.41, 5.74) is 0. The summed E-state index contributed by atoms with van der Waals surface area (Å²) in [5, 5.41) is 11.5. The zero-order chi connectivity index (χ0) is 8.85. The van der Waals surface area contributed by atoms with Crippen LogP contribution in [0.3, 0.4) is 0 Å². The molecule has 0 aromatic heterocycles. The molecule has 0 rings (SSSR count). The highest BCUT2D eigenvalue weighted by molar-refractivity contribution is 5.85. The van der Waals surface area contributed by atoms with Gasteiger partial charge in [-0.1, -0.05) is 20.3 Å². The van der Waals surface area contributed by atoms with Crippen LogP contribution in [0.4, 0.5) is 0 Å². The van der Waals surface area contributed by atoms with E-state index >= 15 is 0 Å². The molecule has 3 nitrogen and oxygen atoms in total.